The number of nitrogens with one attached hydrogen (secondary N) is 2. The van der Waals surface area contributed by atoms with Gasteiger partial charge in [0.15, 0.2) is 5.96 Å². The lowest BCUT2D eigenvalue weighted by atomic mass is 10.1. The second-order valence-electron chi connectivity index (χ2n) is 6.04. The third-order valence-electron chi connectivity index (χ3n) is 3.95. The maximum absolute atomic E-state index is 13.2. The van der Waals surface area contributed by atoms with Crippen molar-refractivity contribution in [3.63, 3.8) is 0 Å². The minimum Gasteiger partial charge on any atom is -0.444 e. The maximum atomic E-state index is 13.2. The van der Waals surface area contributed by atoms with E-state index in [2.05, 4.69) is 20.6 Å². The molecule has 0 aliphatic heterocycles. The van der Waals surface area contributed by atoms with Crippen molar-refractivity contribution < 1.29 is 8.81 Å². The summed E-state index contributed by atoms with van der Waals surface area (Å²) in [5.41, 5.74) is 3.73. The van der Waals surface area contributed by atoms with Crippen LogP contribution < -0.4 is 10.6 Å². The number of oxazole rings is 1. The van der Waals surface area contributed by atoms with E-state index in [9.17, 15) is 4.39 Å². The van der Waals surface area contributed by atoms with Crippen molar-refractivity contribution in [2.24, 2.45) is 4.99 Å². The molecule has 0 fully saturated rings. The Balaban J connectivity index is 1.55. The maximum Gasteiger partial charge on any atom is 0.226 e. The molecule has 1 heterocycles. The predicted molar refractivity (Wildman–Crippen MR) is 105 cm³/mol. The molecule has 2 aromatic carbocycles. The number of aryl methyl sites for hydroxylation is 1. The van der Waals surface area contributed by atoms with E-state index in [4.69, 9.17) is 16.0 Å². The molecule has 0 atom stereocenters. The van der Waals surface area contributed by atoms with Gasteiger partial charge in [0.1, 0.15) is 12.1 Å². The van der Waals surface area contributed by atoms with E-state index >= 15 is 0 Å². The van der Waals surface area contributed by atoms with E-state index < -0.39 is 5.82 Å². The van der Waals surface area contributed by atoms with Gasteiger partial charge < -0.3 is 15.1 Å². The van der Waals surface area contributed by atoms with Crippen LogP contribution in [0, 0.1) is 12.7 Å². The van der Waals surface area contributed by atoms with Crippen LogP contribution in [0.3, 0.4) is 0 Å². The molecule has 5 nitrogen and oxygen atoms in total. The van der Waals surface area contributed by atoms with E-state index in [1.807, 2.05) is 31.2 Å². The Morgan fingerprint density at radius 2 is 1.89 bits per heavy atom. The predicted octanol–water partition coefficient (Wildman–Crippen LogP) is 4.31. The molecule has 0 aliphatic carbocycles. The van der Waals surface area contributed by atoms with Crippen LogP contribution in [0.4, 0.5) is 4.39 Å². The minimum atomic E-state index is -0.432. The van der Waals surface area contributed by atoms with Crippen molar-refractivity contribution in [3.8, 4) is 11.5 Å². The van der Waals surface area contributed by atoms with Gasteiger partial charge in [-0.25, -0.2) is 9.37 Å². The van der Waals surface area contributed by atoms with E-state index in [0.717, 1.165) is 16.8 Å². The Morgan fingerprint density at radius 3 is 2.59 bits per heavy atom. The summed E-state index contributed by atoms with van der Waals surface area (Å²) in [6.45, 7) is 2.96. The number of aliphatic imine (C=N–C) groups is 1. The summed E-state index contributed by atoms with van der Waals surface area (Å²) in [6, 6.07) is 12.6. The van der Waals surface area contributed by atoms with Gasteiger partial charge in [-0.15, -0.1) is 0 Å². The molecule has 27 heavy (non-hydrogen) atoms. The van der Waals surface area contributed by atoms with Crippen LogP contribution in [0.1, 0.15) is 16.8 Å². The third kappa shape index (κ3) is 5.08. The number of nitrogens with zero attached hydrogens (tertiary/aromatic N) is 2. The van der Waals surface area contributed by atoms with Gasteiger partial charge in [0, 0.05) is 19.2 Å². The summed E-state index contributed by atoms with van der Waals surface area (Å²) in [5.74, 6) is 0.740. The molecule has 1 aromatic heterocycles. The highest BCUT2D eigenvalue weighted by molar-refractivity contribution is 6.30. The molecule has 7 heteroatoms. The number of benzene rings is 2. The summed E-state index contributed by atoms with van der Waals surface area (Å²) in [6.07, 6.45) is 1.62. The number of hydrogen-bond donors (Lipinski definition) is 2. The summed E-state index contributed by atoms with van der Waals surface area (Å²) in [5, 5.41) is 6.41. The molecule has 3 rings (SSSR count). The van der Waals surface area contributed by atoms with Crippen LogP contribution in [-0.2, 0) is 13.1 Å². The van der Waals surface area contributed by atoms with E-state index in [1.165, 1.54) is 11.6 Å². The standard InChI is InChI=1S/C20H20ClFN4O/c1-13-3-6-15(7-4-13)19-26-16(12-27-19)11-25-20(23-2)24-10-14-5-8-18(22)17(21)9-14/h3-9,12H,10-11H2,1-2H3,(H2,23,24,25). The second-order valence-corrected chi connectivity index (χ2v) is 6.45. The molecule has 0 radical (unpaired) electrons. The molecule has 2 N–H and O–H groups in total. The molecule has 0 saturated heterocycles. The Labute approximate surface area is 162 Å². The average molecular weight is 387 g/mol. The number of halogens is 2. The fourth-order valence-electron chi connectivity index (χ4n) is 2.45. The Hall–Kier alpha value is -2.86. The lowest BCUT2D eigenvalue weighted by Crippen LogP contribution is -2.36. The third-order valence-corrected chi connectivity index (χ3v) is 4.24. The van der Waals surface area contributed by atoms with E-state index in [-0.39, 0.29) is 5.02 Å². The molecule has 0 saturated carbocycles. The van der Waals surface area contributed by atoms with Crippen molar-refractivity contribution >= 4 is 17.6 Å². The van der Waals surface area contributed by atoms with Crippen molar-refractivity contribution in [1.29, 1.82) is 0 Å². The van der Waals surface area contributed by atoms with E-state index in [0.29, 0.717) is 24.9 Å². The Morgan fingerprint density at radius 1 is 1.15 bits per heavy atom. The molecule has 3 aromatic rings. The fraction of sp³-hybridized carbons (Fsp3) is 0.200. The van der Waals surface area contributed by atoms with Crippen molar-refractivity contribution in [3.05, 3.63) is 76.4 Å². The van der Waals surface area contributed by atoms with E-state index in [1.54, 1.807) is 25.4 Å². The number of guanidine groups is 1. The van der Waals surface area contributed by atoms with Gasteiger partial charge in [0.2, 0.25) is 5.89 Å². The van der Waals surface area contributed by atoms with Gasteiger partial charge in [-0.1, -0.05) is 35.4 Å². The Bertz CT molecular complexity index is 937. The molecule has 0 bridgehead atoms. The topological polar surface area (TPSA) is 62.5 Å². The minimum absolute atomic E-state index is 0.100. The molecule has 0 amide bonds. The van der Waals surface area contributed by atoms with Gasteiger partial charge in [0.05, 0.1) is 17.3 Å². The number of hydrogen-bond acceptors (Lipinski definition) is 3. The SMILES string of the molecule is CN=C(NCc1ccc(F)c(Cl)c1)NCc1coc(-c2ccc(C)cc2)n1. The summed E-state index contributed by atoms with van der Waals surface area (Å²) in [7, 11) is 1.67. The first kappa shape index (κ1) is 18.9. The molecule has 0 spiro atoms. The van der Waals surface area contributed by atoms with Gasteiger partial charge in [-0.05, 0) is 36.8 Å². The second kappa shape index (κ2) is 8.68. The van der Waals surface area contributed by atoms with Gasteiger partial charge in [-0.2, -0.15) is 0 Å². The van der Waals surface area contributed by atoms with Gasteiger partial charge in [0.25, 0.3) is 0 Å². The zero-order chi connectivity index (χ0) is 19.2. The normalized spacial score (nSPS) is 11.5. The zero-order valence-electron chi connectivity index (χ0n) is 15.1. The molecule has 140 valence electrons. The number of aromatic nitrogens is 1. The molecular formula is C20H20ClFN4O. The smallest absolute Gasteiger partial charge is 0.226 e. The van der Waals surface area contributed by atoms with Crippen LogP contribution >= 0.6 is 11.6 Å². The highest BCUT2D eigenvalue weighted by Gasteiger charge is 2.08. The van der Waals surface area contributed by atoms with Crippen molar-refractivity contribution in [2.45, 2.75) is 20.0 Å². The molecule has 0 unspecified atom stereocenters. The van der Waals surface area contributed by atoms with Crippen LogP contribution in [0.2, 0.25) is 5.02 Å². The first-order chi connectivity index (χ1) is 13.0. The van der Waals surface area contributed by atoms with Crippen LogP contribution in [0.25, 0.3) is 11.5 Å². The Kier molecular flexibility index (Phi) is 6.08. The quantitative estimate of drug-likeness (QED) is 0.506. The highest BCUT2D eigenvalue weighted by Crippen LogP contribution is 2.19. The summed E-state index contributed by atoms with van der Waals surface area (Å²) in [4.78, 5) is 8.65. The first-order valence-electron chi connectivity index (χ1n) is 8.45. The van der Waals surface area contributed by atoms with Crippen LogP contribution in [0.5, 0.6) is 0 Å². The fourth-order valence-corrected chi connectivity index (χ4v) is 2.65. The molecule has 0 aliphatic rings. The number of rotatable bonds is 5. The lowest BCUT2D eigenvalue weighted by molar-refractivity contribution is 0.572. The van der Waals surface area contributed by atoms with Crippen molar-refractivity contribution in [2.75, 3.05) is 7.05 Å². The first-order valence-corrected chi connectivity index (χ1v) is 8.83. The largest absolute Gasteiger partial charge is 0.444 e. The van der Waals surface area contributed by atoms with Crippen LogP contribution in [0.15, 0.2) is 58.1 Å². The molecular weight excluding hydrogens is 367 g/mol. The summed E-state index contributed by atoms with van der Waals surface area (Å²) >= 11 is 5.80. The van der Waals surface area contributed by atoms with Crippen LogP contribution in [-0.4, -0.2) is 18.0 Å². The van der Waals surface area contributed by atoms with Gasteiger partial charge in [-0.3, -0.25) is 4.99 Å². The summed E-state index contributed by atoms with van der Waals surface area (Å²) < 4.78 is 18.8. The van der Waals surface area contributed by atoms with Gasteiger partial charge >= 0.3 is 0 Å². The highest BCUT2D eigenvalue weighted by atomic mass is 35.5. The lowest BCUT2D eigenvalue weighted by Gasteiger charge is -2.11. The monoisotopic (exact) mass is 386 g/mol. The van der Waals surface area contributed by atoms with Crippen molar-refractivity contribution in [1.82, 2.24) is 15.6 Å². The zero-order valence-corrected chi connectivity index (χ0v) is 15.8. The average Bonchev–Trinajstić information content (AvgIpc) is 3.14.